The van der Waals surface area contributed by atoms with Crippen LogP contribution in [-0.4, -0.2) is 0 Å². The van der Waals surface area contributed by atoms with Crippen LogP contribution in [0, 0.1) is 10.4 Å². The molecule has 0 unspecified atom stereocenters. The molecule has 0 amide bonds. The lowest BCUT2D eigenvalue weighted by molar-refractivity contribution is 0.687. The van der Waals surface area contributed by atoms with Gasteiger partial charge in [0.15, 0.2) is 0 Å². The van der Waals surface area contributed by atoms with Crippen LogP contribution in [-0.2, 0) is 12.8 Å². The summed E-state index contributed by atoms with van der Waals surface area (Å²) in [6.45, 7) is 0. The number of hydrogen-bond donors (Lipinski definition) is 0. The molecule has 1 fully saturated rings. The van der Waals surface area contributed by atoms with E-state index in [2.05, 4.69) is 134 Å². The average Bonchev–Trinajstić information content (AvgIpc) is 3.74. The third kappa shape index (κ3) is 5.98. The van der Waals surface area contributed by atoms with Crippen molar-refractivity contribution in [3.05, 3.63) is 169 Å². The van der Waals surface area contributed by atoms with Gasteiger partial charge in [0.05, 0.1) is 0 Å². The smallest absolute Gasteiger partial charge is 0.00137 e. The van der Waals surface area contributed by atoms with Gasteiger partial charge in [-0.2, -0.15) is 0 Å². The van der Waals surface area contributed by atoms with Gasteiger partial charge in [0, 0.05) is 0 Å². The summed E-state index contributed by atoms with van der Waals surface area (Å²) < 4.78 is 0. The van der Waals surface area contributed by atoms with Crippen LogP contribution < -0.4 is 20.9 Å². The summed E-state index contributed by atoms with van der Waals surface area (Å²) >= 11 is 0. The van der Waals surface area contributed by atoms with Gasteiger partial charge in [0.1, 0.15) is 0 Å². The molecule has 6 aliphatic rings. The first-order chi connectivity index (χ1) is 23.3. The lowest BCUT2D eigenvalue weighted by Crippen LogP contribution is -2.36. The minimum Gasteiger partial charge on any atom is -0.0622 e. The first kappa shape index (κ1) is 29.7. The Labute approximate surface area is 278 Å². The van der Waals surface area contributed by atoms with Crippen molar-refractivity contribution in [2.45, 2.75) is 70.6 Å². The van der Waals surface area contributed by atoms with Gasteiger partial charge in [-0.15, -0.1) is 0 Å². The standard InChI is InChI=1S/C40H30.C7H14/c1-2-6-15-29(14-5-1)38-35-25-31-18-9-10-19-32(31)26-36(35)39(30-16-7-3-4-8-17-30)40-33-22-12-21-28-20-11-13-27(23-34(28)33)24-37(38)40;1-2-4-6-7-5-3-1/h1-8,11-17,20-26H,9-10,18-19H2;1-7H2. The molecule has 6 aliphatic carbocycles. The van der Waals surface area contributed by atoms with Crippen LogP contribution >= 0.6 is 0 Å². The van der Waals surface area contributed by atoms with E-state index in [0.717, 1.165) is 6.42 Å². The van der Waals surface area contributed by atoms with E-state index in [-0.39, 0.29) is 0 Å². The summed E-state index contributed by atoms with van der Waals surface area (Å²) in [6.07, 6.45) is 53.2. The van der Waals surface area contributed by atoms with Crippen LogP contribution in [0.25, 0.3) is 40.1 Å². The minimum absolute atomic E-state index is 1.16. The molecule has 3 aromatic rings. The fourth-order valence-corrected chi connectivity index (χ4v) is 8.19. The van der Waals surface area contributed by atoms with Crippen molar-refractivity contribution < 1.29 is 0 Å². The highest BCUT2D eigenvalue weighted by Gasteiger charge is 2.16. The molecule has 1 saturated carbocycles. The Hall–Kier alpha value is -4.68. The van der Waals surface area contributed by atoms with E-state index in [0.29, 0.717) is 0 Å². The number of aryl methyl sites for hydroxylation is 2. The Balaban J connectivity index is 0.000000413. The Kier molecular flexibility index (Phi) is 8.59. The molecule has 0 N–H and O–H groups in total. The molecule has 9 rings (SSSR count). The monoisotopic (exact) mass is 608 g/mol. The number of hydrogen-bond acceptors (Lipinski definition) is 0. The summed E-state index contributed by atoms with van der Waals surface area (Å²) in [7, 11) is 0. The van der Waals surface area contributed by atoms with Crippen molar-refractivity contribution in [3.63, 3.8) is 0 Å². The maximum absolute atomic E-state index is 2.54. The van der Waals surface area contributed by atoms with E-state index in [1.165, 1.54) is 140 Å². The van der Waals surface area contributed by atoms with Crippen LogP contribution in [0.3, 0.4) is 0 Å². The van der Waals surface area contributed by atoms with Crippen molar-refractivity contribution in [3.8, 4) is 0 Å². The van der Waals surface area contributed by atoms with Crippen LogP contribution in [0.4, 0.5) is 0 Å². The Bertz CT molecular complexity index is 2300. The average molecular weight is 609 g/mol. The maximum Gasteiger partial charge on any atom is -0.00137 e. The summed E-state index contributed by atoms with van der Waals surface area (Å²) in [4.78, 5) is 0. The molecule has 0 heterocycles. The lowest BCUT2D eigenvalue weighted by atomic mass is 9.86. The Morgan fingerprint density at radius 3 is 1.55 bits per heavy atom. The minimum atomic E-state index is 1.16. The van der Waals surface area contributed by atoms with Gasteiger partial charge in [-0.1, -0.05) is 166 Å². The van der Waals surface area contributed by atoms with Gasteiger partial charge in [-0.3, -0.25) is 0 Å². The fourth-order valence-electron chi connectivity index (χ4n) is 8.19. The van der Waals surface area contributed by atoms with E-state index >= 15 is 0 Å². The molecule has 2 bridgehead atoms. The zero-order valence-electron chi connectivity index (χ0n) is 27.5. The highest BCUT2D eigenvalue weighted by Crippen LogP contribution is 2.25. The largest absolute Gasteiger partial charge is 0.0622 e. The van der Waals surface area contributed by atoms with E-state index in [9.17, 15) is 0 Å². The summed E-state index contributed by atoms with van der Waals surface area (Å²) in [6, 6.07) is 11.9. The van der Waals surface area contributed by atoms with Crippen molar-refractivity contribution in [1.82, 2.24) is 0 Å². The molecule has 0 radical (unpaired) electrons. The van der Waals surface area contributed by atoms with Gasteiger partial charge in [-0.05, 0) is 113 Å². The quantitative estimate of drug-likeness (QED) is 0.224. The van der Waals surface area contributed by atoms with Crippen molar-refractivity contribution >= 4 is 40.1 Å². The summed E-state index contributed by atoms with van der Waals surface area (Å²) in [5.74, 6) is 0. The third-order valence-electron chi connectivity index (χ3n) is 10.5. The second-order valence-corrected chi connectivity index (χ2v) is 13.6. The van der Waals surface area contributed by atoms with E-state index < -0.39 is 0 Å². The highest BCUT2D eigenvalue weighted by atomic mass is 14.2. The van der Waals surface area contributed by atoms with Crippen molar-refractivity contribution in [2.75, 3.05) is 0 Å². The first-order valence-electron chi connectivity index (χ1n) is 18.0. The molecule has 0 aliphatic heterocycles. The van der Waals surface area contributed by atoms with Gasteiger partial charge >= 0.3 is 0 Å². The van der Waals surface area contributed by atoms with Gasteiger partial charge < -0.3 is 0 Å². The number of rotatable bonds is 0. The number of benzene rings is 3. The van der Waals surface area contributed by atoms with Crippen molar-refractivity contribution in [1.29, 1.82) is 0 Å². The van der Waals surface area contributed by atoms with Gasteiger partial charge in [0.2, 0.25) is 0 Å². The normalized spacial score (nSPS) is 18.8. The Morgan fingerprint density at radius 2 is 0.957 bits per heavy atom. The van der Waals surface area contributed by atoms with E-state index in [1.807, 2.05) is 0 Å². The molecule has 0 spiro atoms. The van der Waals surface area contributed by atoms with Gasteiger partial charge in [0.25, 0.3) is 0 Å². The SMILES string of the molecule is C1=CC=CC(=c2c3c(c(=C4C=CC=CC=C4)c4cc5c(cc24)CCCC5)=c2cccc4c2=CC(=CC=C4)C=3)C=C1.C1CCCCCC1. The van der Waals surface area contributed by atoms with Crippen LogP contribution in [0.5, 0.6) is 0 Å². The number of allylic oxidation sites excluding steroid dienone is 15. The second kappa shape index (κ2) is 13.6. The van der Waals surface area contributed by atoms with Gasteiger partial charge in [-0.25, -0.2) is 0 Å². The molecule has 0 atom stereocenters. The zero-order valence-corrected chi connectivity index (χ0v) is 27.5. The molecule has 0 nitrogen and oxygen atoms in total. The molecule has 232 valence electrons. The molecular formula is C47H44. The molecular weight excluding hydrogens is 565 g/mol. The summed E-state index contributed by atoms with van der Waals surface area (Å²) in [5.41, 5.74) is 8.07. The predicted molar refractivity (Wildman–Crippen MR) is 203 cm³/mol. The molecule has 0 aromatic heterocycles. The molecule has 47 heavy (non-hydrogen) atoms. The predicted octanol–water partition coefficient (Wildman–Crippen LogP) is 8.93. The topological polar surface area (TPSA) is 0 Å². The van der Waals surface area contributed by atoms with Crippen LogP contribution in [0.1, 0.15) is 74.5 Å². The number of fused-ring (bicyclic) bond motifs is 4. The third-order valence-corrected chi connectivity index (χ3v) is 10.5. The second-order valence-electron chi connectivity index (χ2n) is 13.6. The van der Waals surface area contributed by atoms with Crippen LogP contribution in [0.15, 0.2) is 121 Å². The van der Waals surface area contributed by atoms with Crippen LogP contribution in [0.2, 0.25) is 0 Å². The molecule has 3 aromatic carbocycles. The Morgan fingerprint density at radius 1 is 0.426 bits per heavy atom. The maximum atomic E-state index is 2.54. The summed E-state index contributed by atoms with van der Waals surface area (Å²) in [5, 5.41) is 10.6. The fraction of sp³-hybridized carbons (Fsp3) is 0.234. The highest BCUT2D eigenvalue weighted by molar-refractivity contribution is 5.93. The van der Waals surface area contributed by atoms with Crippen molar-refractivity contribution in [2.24, 2.45) is 0 Å². The lowest BCUT2D eigenvalue weighted by Gasteiger charge is -2.18. The first-order valence-corrected chi connectivity index (χ1v) is 18.0. The van der Waals surface area contributed by atoms with E-state index in [4.69, 9.17) is 0 Å². The zero-order chi connectivity index (χ0) is 31.4. The molecule has 0 saturated heterocycles. The molecule has 0 heteroatoms. The van der Waals surface area contributed by atoms with E-state index in [1.54, 1.807) is 0 Å².